The van der Waals surface area contributed by atoms with Crippen LogP contribution in [0.25, 0.3) is 6.08 Å². The first kappa shape index (κ1) is 17.4. The lowest BCUT2D eigenvalue weighted by Gasteiger charge is -2.01. The summed E-state index contributed by atoms with van der Waals surface area (Å²) in [6.45, 7) is 0. The van der Waals surface area contributed by atoms with E-state index in [2.05, 4.69) is 14.7 Å². The van der Waals surface area contributed by atoms with Crippen LogP contribution in [-0.4, -0.2) is 40.2 Å². The maximum atomic E-state index is 12.0. The molecule has 2 rings (SSSR count). The molecule has 1 aromatic carbocycles. The van der Waals surface area contributed by atoms with Crippen LogP contribution in [0, 0.1) is 11.3 Å². The number of nitriles is 1. The fourth-order valence-corrected chi connectivity index (χ4v) is 2.96. The molecule has 0 unspecified atom stereocenters. The summed E-state index contributed by atoms with van der Waals surface area (Å²) in [5.41, 5.74) is 0.00211. The summed E-state index contributed by atoms with van der Waals surface area (Å²) in [7, 11) is -3.60. The van der Waals surface area contributed by atoms with Crippen LogP contribution < -0.4 is 5.32 Å². The number of phenolic OH excluding ortho intramolecular Hbond substituents is 2. The first-order chi connectivity index (χ1) is 11.2. The van der Waals surface area contributed by atoms with Crippen LogP contribution in [0.1, 0.15) is 5.56 Å². The van der Waals surface area contributed by atoms with E-state index in [1.54, 1.807) is 6.07 Å². The van der Waals surface area contributed by atoms with E-state index in [-0.39, 0.29) is 16.5 Å². The van der Waals surface area contributed by atoms with Crippen molar-refractivity contribution in [1.29, 1.82) is 5.26 Å². The monoisotopic (exact) mass is 366 g/mol. The number of hydrogen-bond acceptors (Lipinski definition) is 9. The van der Waals surface area contributed by atoms with Gasteiger partial charge in [-0.2, -0.15) is 14.6 Å². The van der Waals surface area contributed by atoms with E-state index < -0.39 is 26.7 Å². The van der Waals surface area contributed by atoms with Gasteiger partial charge in [0.2, 0.25) is 15.0 Å². The van der Waals surface area contributed by atoms with E-state index in [9.17, 15) is 23.4 Å². The Bertz CT molecular complexity index is 972. The Balaban J connectivity index is 2.23. The molecule has 0 bridgehead atoms. The lowest BCUT2D eigenvalue weighted by Crippen LogP contribution is -2.13. The molecule has 11 heteroatoms. The predicted octanol–water partition coefficient (Wildman–Crippen LogP) is 0.898. The molecule has 24 heavy (non-hydrogen) atoms. The van der Waals surface area contributed by atoms with Crippen LogP contribution in [0.3, 0.4) is 0 Å². The number of nitrogens with one attached hydrogen (secondary N) is 1. The largest absolute Gasteiger partial charge is 0.504 e. The Morgan fingerprint density at radius 1 is 1.38 bits per heavy atom. The van der Waals surface area contributed by atoms with Gasteiger partial charge in [0.25, 0.3) is 11.1 Å². The lowest BCUT2D eigenvalue weighted by molar-refractivity contribution is -0.112. The zero-order chi connectivity index (χ0) is 17.9. The topological polar surface area (TPSA) is 153 Å². The standard InChI is InChI=1S/C13H10N4O5S2/c1-24(21,22)13-16-12(23-17-13)15-11(20)8(6-14)4-7-2-3-9(18)10(19)5-7/h2-5,18-19H,1H3,(H,15,16,17,20). The zero-order valence-electron chi connectivity index (χ0n) is 12.1. The molecule has 2 aromatic rings. The van der Waals surface area contributed by atoms with Gasteiger partial charge in [-0.1, -0.05) is 6.07 Å². The number of aromatic hydroxyl groups is 2. The third-order valence-electron chi connectivity index (χ3n) is 2.64. The van der Waals surface area contributed by atoms with Gasteiger partial charge >= 0.3 is 0 Å². The average molecular weight is 366 g/mol. The van der Waals surface area contributed by atoms with Crippen molar-refractivity contribution in [3.8, 4) is 17.6 Å². The molecule has 9 nitrogen and oxygen atoms in total. The minimum atomic E-state index is -3.60. The van der Waals surface area contributed by atoms with Crippen molar-refractivity contribution in [1.82, 2.24) is 9.36 Å². The highest BCUT2D eigenvalue weighted by Gasteiger charge is 2.17. The van der Waals surface area contributed by atoms with Crippen molar-refractivity contribution >= 4 is 38.5 Å². The summed E-state index contributed by atoms with van der Waals surface area (Å²) in [5, 5.41) is 29.5. The molecular formula is C13H10N4O5S2. The number of amides is 1. The molecule has 0 saturated carbocycles. The molecule has 0 aliphatic heterocycles. The predicted molar refractivity (Wildman–Crippen MR) is 85.0 cm³/mol. The van der Waals surface area contributed by atoms with Crippen LogP contribution in [0.15, 0.2) is 28.9 Å². The number of nitrogens with zero attached hydrogens (tertiary/aromatic N) is 3. The van der Waals surface area contributed by atoms with Gasteiger partial charge in [0.1, 0.15) is 11.6 Å². The van der Waals surface area contributed by atoms with Gasteiger partial charge in [-0.3, -0.25) is 10.1 Å². The summed E-state index contributed by atoms with van der Waals surface area (Å²) in [5.74, 6) is -1.55. The Hall–Kier alpha value is -2.97. The average Bonchev–Trinajstić information content (AvgIpc) is 2.97. The number of carbonyl (C=O) groups is 1. The third-order valence-corrected chi connectivity index (χ3v) is 4.23. The first-order valence-electron chi connectivity index (χ1n) is 6.19. The smallest absolute Gasteiger partial charge is 0.268 e. The van der Waals surface area contributed by atoms with Crippen molar-refractivity contribution in [2.24, 2.45) is 0 Å². The van der Waals surface area contributed by atoms with Gasteiger partial charge in [-0.05, 0) is 23.8 Å². The third kappa shape index (κ3) is 4.06. The second-order valence-electron chi connectivity index (χ2n) is 4.53. The van der Waals surface area contributed by atoms with Gasteiger partial charge < -0.3 is 10.2 Å². The molecule has 0 aliphatic carbocycles. The number of hydrogen-bond donors (Lipinski definition) is 3. The summed E-state index contributed by atoms with van der Waals surface area (Å²) < 4.78 is 26.2. The van der Waals surface area contributed by atoms with Crippen molar-refractivity contribution in [3.05, 3.63) is 29.3 Å². The Morgan fingerprint density at radius 3 is 2.62 bits per heavy atom. The molecule has 0 fully saturated rings. The highest BCUT2D eigenvalue weighted by Crippen LogP contribution is 2.26. The van der Waals surface area contributed by atoms with Crippen LogP contribution in [0.4, 0.5) is 5.13 Å². The fourth-order valence-electron chi connectivity index (χ4n) is 1.52. The summed E-state index contributed by atoms with van der Waals surface area (Å²) in [4.78, 5) is 15.7. The van der Waals surface area contributed by atoms with Crippen LogP contribution in [-0.2, 0) is 14.6 Å². The van der Waals surface area contributed by atoms with Crippen molar-refractivity contribution in [3.63, 3.8) is 0 Å². The molecule has 3 N–H and O–H groups in total. The van der Waals surface area contributed by atoms with Crippen LogP contribution >= 0.6 is 11.5 Å². The van der Waals surface area contributed by atoms with Crippen molar-refractivity contribution in [2.75, 3.05) is 11.6 Å². The van der Waals surface area contributed by atoms with Gasteiger partial charge in [0.15, 0.2) is 11.5 Å². The van der Waals surface area contributed by atoms with E-state index in [1.165, 1.54) is 24.3 Å². The van der Waals surface area contributed by atoms with E-state index in [0.717, 1.165) is 6.26 Å². The second-order valence-corrected chi connectivity index (χ2v) is 7.19. The number of sulfone groups is 1. The SMILES string of the molecule is CS(=O)(=O)c1nsc(NC(=O)C(C#N)=Cc2ccc(O)c(O)c2)n1. The van der Waals surface area contributed by atoms with Crippen molar-refractivity contribution < 1.29 is 23.4 Å². The molecule has 124 valence electrons. The second kappa shape index (κ2) is 6.65. The van der Waals surface area contributed by atoms with Gasteiger partial charge in [-0.15, -0.1) is 0 Å². The van der Waals surface area contributed by atoms with E-state index in [1.807, 2.05) is 0 Å². The number of benzene rings is 1. The Morgan fingerprint density at radius 2 is 2.08 bits per heavy atom. The fraction of sp³-hybridized carbons (Fsp3) is 0.0769. The summed E-state index contributed by atoms with van der Waals surface area (Å²) >= 11 is 0.661. The molecule has 0 aliphatic rings. The molecular weight excluding hydrogens is 356 g/mol. The van der Waals surface area contributed by atoms with Crippen LogP contribution in [0.2, 0.25) is 0 Å². The first-order valence-corrected chi connectivity index (χ1v) is 8.86. The normalized spacial score (nSPS) is 11.8. The minimum absolute atomic E-state index is 0.0740. The Labute approximate surface area is 140 Å². The summed E-state index contributed by atoms with van der Waals surface area (Å²) in [6.07, 6.45) is 2.12. The van der Waals surface area contributed by atoms with Crippen LogP contribution in [0.5, 0.6) is 11.5 Å². The van der Waals surface area contributed by atoms with Crippen molar-refractivity contribution in [2.45, 2.75) is 5.16 Å². The number of rotatable bonds is 4. The maximum absolute atomic E-state index is 12.0. The van der Waals surface area contributed by atoms with Gasteiger partial charge in [-0.25, -0.2) is 8.42 Å². The molecule has 1 amide bonds. The Kier molecular flexibility index (Phi) is 4.82. The van der Waals surface area contributed by atoms with E-state index >= 15 is 0 Å². The molecule has 0 saturated heterocycles. The van der Waals surface area contributed by atoms with Gasteiger partial charge in [0.05, 0.1) is 0 Å². The highest BCUT2D eigenvalue weighted by molar-refractivity contribution is 7.90. The molecule has 1 aromatic heterocycles. The number of phenols is 2. The quantitative estimate of drug-likeness (QED) is 0.410. The summed E-state index contributed by atoms with van der Waals surface area (Å²) in [6, 6.07) is 5.46. The lowest BCUT2D eigenvalue weighted by atomic mass is 10.1. The molecule has 1 heterocycles. The number of aromatic nitrogens is 2. The zero-order valence-corrected chi connectivity index (χ0v) is 13.7. The molecule has 0 radical (unpaired) electrons. The number of carbonyl (C=O) groups excluding carboxylic acids is 1. The maximum Gasteiger partial charge on any atom is 0.268 e. The minimum Gasteiger partial charge on any atom is -0.504 e. The van der Waals surface area contributed by atoms with E-state index in [0.29, 0.717) is 17.1 Å². The molecule has 0 atom stereocenters. The van der Waals surface area contributed by atoms with Gasteiger partial charge in [0, 0.05) is 17.8 Å². The molecule has 0 spiro atoms. The van der Waals surface area contributed by atoms with E-state index in [4.69, 9.17) is 5.26 Å². The number of anilines is 1. The highest BCUT2D eigenvalue weighted by atomic mass is 32.2.